The van der Waals surface area contributed by atoms with E-state index < -0.39 is 0 Å². The zero-order chi connectivity index (χ0) is 14.0. The maximum Gasteiger partial charge on any atom is 0.265 e. The quantitative estimate of drug-likeness (QED) is 0.855. The SMILES string of the molecule is CCC(C)C(=O)CN1C(=O)COc2ccc(Br)cc21. The molecule has 0 spiro atoms. The first-order valence-electron chi connectivity index (χ1n) is 6.28. The molecule has 0 fully saturated rings. The van der Waals surface area contributed by atoms with Crippen molar-refractivity contribution in [3.05, 3.63) is 22.7 Å². The summed E-state index contributed by atoms with van der Waals surface area (Å²) in [5, 5.41) is 0. The molecule has 5 heteroatoms. The summed E-state index contributed by atoms with van der Waals surface area (Å²) < 4.78 is 6.22. The molecular formula is C14H16BrNO3. The Morgan fingerprint density at radius 2 is 2.26 bits per heavy atom. The van der Waals surface area contributed by atoms with E-state index in [0.717, 1.165) is 10.9 Å². The molecule has 2 rings (SSSR count). The van der Waals surface area contributed by atoms with Crippen molar-refractivity contribution in [2.45, 2.75) is 20.3 Å². The van der Waals surface area contributed by atoms with Crippen molar-refractivity contribution in [2.24, 2.45) is 5.92 Å². The van der Waals surface area contributed by atoms with Gasteiger partial charge in [0.15, 0.2) is 12.4 Å². The Balaban J connectivity index is 2.27. The van der Waals surface area contributed by atoms with E-state index in [1.165, 1.54) is 4.90 Å². The van der Waals surface area contributed by atoms with Crippen molar-refractivity contribution < 1.29 is 14.3 Å². The van der Waals surface area contributed by atoms with E-state index in [0.29, 0.717) is 11.4 Å². The first-order valence-corrected chi connectivity index (χ1v) is 7.07. The van der Waals surface area contributed by atoms with Crippen LogP contribution in [0.15, 0.2) is 22.7 Å². The van der Waals surface area contributed by atoms with E-state index in [1.807, 2.05) is 19.9 Å². The molecule has 102 valence electrons. The number of carbonyl (C=O) groups excluding carboxylic acids is 2. The van der Waals surface area contributed by atoms with Gasteiger partial charge in [0, 0.05) is 10.4 Å². The average molecular weight is 326 g/mol. The van der Waals surface area contributed by atoms with Crippen LogP contribution < -0.4 is 9.64 Å². The molecule has 1 aliphatic heterocycles. The van der Waals surface area contributed by atoms with Crippen LogP contribution in [0, 0.1) is 5.92 Å². The molecule has 1 unspecified atom stereocenters. The number of hydrogen-bond acceptors (Lipinski definition) is 3. The highest BCUT2D eigenvalue weighted by Crippen LogP contribution is 2.34. The number of carbonyl (C=O) groups is 2. The van der Waals surface area contributed by atoms with Gasteiger partial charge in [-0.3, -0.25) is 14.5 Å². The van der Waals surface area contributed by atoms with Gasteiger partial charge in [0.25, 0.3) is 5.91 Å². The van der Waals surface area contributed by atoms with E-state index in [9.17, 15) is 9.59 Å². The summed E-state index contributed by atoms with van der Waals surface area (Å²) in [6, 6.07) is 5.45. The number of fused-ring (bicyclic) bond motifs is 1. The predicted octanol–water partition coefficient (Wildman–Crippen LogP) is 2.79. The molecule has 1 atom stereocenters. The molecular weight excluding hydrogens is 310 g/mol. The maximum atomic E-state index is 12.0. The summed E-state index contributed by atoms with van der Waals surface area (Å²) >= 11 is 3.37. The molecule has 0 N–H and O–H groups in total. The molecule has 0 saturated heterocycles. The minimum absolute atomic E-state index is 0.0115. The van der Waals surface area contributed by atoms with Gasteiger partial charge >= 0.3 is 0 Å². The summed E-state index contributed by atoms with van der Waals surface area (Å²) in [7, 11) is 0. The summed E-state index contributed by atoms with van der Waals surface area (Å²) in [6.45, 7) is 3.95. The van der Waals surface area contributed by atoms with E-state index in [4.69, 9.17) is 4.74 Å². The van der Waals surface area contributed by atoms with Gasteiger partial charge in [0.2, 0.25) is 0 Å². The van der Waals surface area contributed by atoms with Crippen LogP contribution in [-0.4, -0.2) is 24.8 Å². The van der Waals surface area contributed by atoms with Crippen molar-refractivity contribution in [3.8, 4) is 5.75 Å². The average Bonchev–Trinajstić information content (AvgIpc) is 2.41. The van der Waals surface area contributed by atoms with Crippen LogP contribution in [-0.2, 0) is 9.59 Å². The van der Waals surface area contributed by atoms with Gasteiger partial charge in [0.05, 0.1) is 12.2 Å². The van der Waals surface area contributed by atoms with Gasteiger partial charge in [-0.05, 0) is 24.6 Å². The van der Waals surface area contributed by atoms with E-state index in [2.05, 4.69) is 15.9 Å². The lowest BCUT2D eigenvalue weighted by atomic mass is 10.0. The Morgan fingerprint density at radius 1 is 1.53 bits per heavy atom. The Morgan fingerprint density at radius 3 is 2.95 bits per heavy atom. The summed E-state index contributed by atoms with van der Waals surface area (Å²) in [5.74, 6) is 0.497. The summed E-state index contributed by atoms with van der Waals surface area (Å²) in [5.41, 5.74) is 0.655. The number of halogens is 1. The number of amides is 1. The second kappa shape index (κ2) is 5.74. The normalized spacial score (nSPS) is 15.7. The number of nitrogens with zero attached hydrogens (tertiary/aromatic N) is 1. The standard InChI is InChI=1S/C14H16BrNO3/c1-3-9(2)12(17)7-16-11-6-10(15)4-5-13(11)19-8-14(16)18/h4-6,9H,3,7-8H2,1-2H3. The fourth-order valence-electron chi connectivity index (χ4n) is 1.89. The third-order valence-electron chi connectivity index (χ3n) is 3.34. The predicted molar refractivity (Wildman–Crippen MR) is 76.5 cm³/mol. The van der Waals surface area contributed by atoms with Crippen LogP contribution >= 0.6 is 15.9 Å². The van der Waals surface area contributed by atoms with Crippen molar-refractivity contribution in [2.75, 3.05) is 18.1 Å². The van der Waals surface area contributed by atoms with Gasteiger partial charge in [-0.15, -0.1) is 0 Å². The van der Waals surface area contributed by atoms with Gasteiger partial charge in [0.1, 0.15) is 5.75 Å². The largest absolute Gasteiger partial charge is 0.482 e. The zero-order valence-corrected chi connectivity index (χ0v) is 12.6. The first kappa shape index (κ1) is 14.1. The summed E-state index contributed by atoms with van der Waals surface area (Å²) in [6.07, 6.45) is 0.780. The summed E-state index contributed by atoms with van der Waals surface area (Å²) in [4.78, 5) is 25.5. The molecule has 1 aliphatic rings. The van der Waals surface area contributed by atoms with Gasteiger partial charge < -0.3 is 4.74 Å². The van der Waals surface area contributed by atoms with Crippen molar-refractivity contribution in [1.29, 1.82) is 0 Å². The number of rotatable bonds is 4. The fourth-order valence-corrected chi connectivity index (χ4v) is 2.24. The highest BCUT2D eigenvalue weighted by atomic mass is 79.9. The van der Waals surface area contributed by atoms with Crippen LogP contribution in [0.3, 0.4) is 0 Å². The monoisotopic (exact) mass is 325 g/mol. The lowest BCUT2D eigenvalue weighted by Gasteiger charge is -2.29. The van der Waals surface area contributed by atoms with Gasteiger partial charge in [-0.1, -0.05) is 29.8 Å². The molecule has 1 aromatic carbocycles. The maximum absolute atomic E-state index is 12.0. The smallest absolute Gasteiger partial charge is 0.265 e. The lowest BCUT2D eigenvalue weighted by molar-refractivity contribution is -0.126. The first-order chi connectivity index (χ1) is 9.02. The van der Waals surface area contributed by atoms with E-state index in [1.54, 1.807) is 12.1 Å². The van der Waals surface area contributed by atoms with Crippen molar-refractivity contribution in [1.82, 2.24) is 0 Å². The minimum atomic E-state index is -0.178. The zero-order valence-electron chi connectivity index (χ0n) is 11.0. The molecule has 4 nitrogen and oxygen atoms in total. The van der Waals surface area contributed by atoms with E-state index in [-0.39, 0.29) is 30.8 Å². The molecule has 1 amide bonds. The Labute approximate surface area is 120 Å². The number of Topliss-reactive ketones (excluding diaryl/α,β-unsaturated/α-hetero) is 1. The Kier molecular flexibility index (Phi) is 4.24. The topological polar surface area (TPSA) is 46.6 Å². The molecule has 1 heterocycles. The Hall–Kier alpha value is -1.36. The molecule has 0 aliphatic carbocycles. The van der Waals surface area contributed by atoms with Crippen LogP contribution in [0.4, 0.5) is 5.69 Å². The third kappa shape index (κ3) is 2.97. The van der Waals surface area contributed by atoms with Crippen LogP contribution in [0.25, 0.3) is 0 Å². The third-order valence-corrected chi connectivity index (χ3v) is 3.83. The number of hydrogen-bond donors (Lipinski definition) is 0. The van der Waals surface area contributed by atoms with Gasteiger partial charge in [-0.2, -0.15) is 0 Å². The van der Waals surface area contributed by atoms with E-state index >= 15 is 0 Å². The van der Waals surface area contributed by atoms with Crippen LogP contribution in [0.5, 0.6) is 5.75 Å². The fraction of sp³-hybridized carbons (Fsp3) is 0.429. The second-order valence-electron chi connectivity index (χ2n) is 4.66. The molecule has 1 aromatic rings. The number of ketones is 1. The number of ether oxygens (including phenoxy) is 1. The van der Waals surface area contributed by atoms with Crippen LogP contribution in [0.2, 0.25) is 0 Å². The molecule has 0 radical (unpaired) electrons. The number of anilines is 1. The molecule has 19 heavy (non-hydrogen) atoms. The minimum Gasteiger partial charge on any atom is -0.482 e. The van der Waals surface area contributed by atoms with Crippen LogP contribution in [0.1, 0.15) is 20.3 Å². The molecule has 0 saturated carbocycles. The number of benzene rings is 1. The van der Waals surface area contributed by atoms with Gasteiger partial charge in [-0.25, -0.2) is 0 Å². The van der Waals surface area contributed by atoms with Crippen molar-refractivity contribution >= 4 is 33.3 Å². The molecule has 0 aromatic heterocycles. The Bertz CT molecular complexity index is 515. The van der Waals surface area contributed by atoms with Crippen molar-refractivity contribution in [3.63, 3.8) is 0 Å². The highest BCUT2D eigenvalue weighted by molar-refractivity contribution is 9.10. The molecule has 0 bridgehead atoms. The highest BCUT2D eigenvalue weighted by Gasteiger charge is 2.28. The second-order valence-corrected chi connectivity index (χ2v) is 5.57. The lowest BCUT2D eigenvalue weighted by Crippen LogP contribution is -2.43.